The van der Waals surface area contributed by atoms with Crippen LogP contribution in [0.25, 0.3) is 21.9 Å². The Balaban J connectivity index is 1.35. The topological polar surface area (TPSA) is 198 Å². The maximum absolute atomic E-state index is 13.2. The Morgan fingerprint density at radius 1 is 1.03 bits per heavy atom. The third-order valence-electron chi connectivity index (χ3n) is 6.78. The van der Waals surface area contributed by atoms with E-state index in [9.17, 15) is 35.4 Å². The second-order valence-electron chi connectivity index (χ2n) is 9.27. The molecule has 2 saturated heterocycles. The summed E-state index contributed by atoms with van der Waals surface area (Å²) in [6, 6.07) is 9.35. The molecule has 0 radical (unpaired) electrons. The zero-order valence-corrected chi connectivity index (χ0v) is 20.2. The van der Waals surface area contributed by atoms with Crippen LogP contribution in [0.15, 0.2) is 45.6 Å². The molecule has 0 aliphatic carbocycles. The lowest BCUT2D eigenvalue weighted by Crippen LogP contribution is -2.60. The fourth-order valence-electron chi connectivity index (χ4n) is 4.50. The van der Waals surface area contributed by atoms with Crippen molar-refractivity contribution in [3.63, 3.8) is 0 Å². The molecule has 8 atom stereocenters. The lowest BCUT2D eigenvalue weighted by Gasteiger charge is -2.40. The highest BCUT2D eigenvalue weighted by molar-refractivity contribution is 5.93. The number of ether oxygens (including phenoxy) is 5. The van der Waals surface area contributed by atoms with Gasteiger partial charge in [-0.15, -0.1) is 0 Å². The maximum Gasteiger partial charge on any atom is 0.229 e. The first-order valence-corrected chi connectivity index (χ1v) is 11.8. The van der Waals surface area contributed by atoms with Crippen molar-refractivity contribution in [3.8, 4) is 11.5 Å². The first-order chi connectivity index (χ1) is 18.2. The van der Waals surface area contributed by atoms with Crippen LogP contribution in [-0.4, -0.2) is 106 Å². The van der Waals surface area contributed by atoms with E-state index in [2.05, 4.69) is 0 Å². The highest BCUT2D eigenvalue weighted by Crippen LogP contribution is 2.31. The number of hydrogen-bond acceptors (Lipinski definition) is 13. The molecule has 5 rings (SSSR count). The maximum atomic E-state index is 13.2. The molecule has 3 aromatic rings. The monoisotopic (exact) mass is 536 g/mol. The van der Waals surface area contributed by atoms with E-state index in [1.54, 1.807) is 18.2 Å². The first-order valence-electron chi connectivity index (χ1n) is 11.8. The van der Waals surface area contributed by atoms with Gasteiger partial charge in [-0.25, -0.2) is 0 Å². The Morgan fingerprint density at radius 3 is 2.53 bits per heavy atom. The summed E-state index contributed by atoms with van der Waals surface area (Å²) in [7, 11) is 1.44. The van der Waals surface area contributed by atoms with Crippen LogP contribution in [0.3, 0.4) is 0 Å². The first kappa shape index (κ1) is 26.7. The molecule has 6 N–H and O–H groups in total. The number of methoxy groups -OCH3 is 1. The largest absolute Gasteiger partial charge is 0.496 e. The van der Waals surface area contributed by atoms with Crippen LogP contribution in [0.2, 0.25) is 0 Å². The van der Waals surface area contributed by atoms with Gasteiger partial charge in [-0.2, -0.15) is 0 Å². The minimum Gasteiger partial charge on any atom is -0.496 e. The molecule has 2 aliphatic rings. The molecule has 13 heteroatoms. The fourth-order valence-corrected chi connectivity index (χ4v) is 4.50. The molecule has 2 aromatic carbocycles. The lowest BCUT2D eigenvalue weighted by atomic mass is 9.99. The summed E-state index contributed by atoms with van der Waals surface area (Å²) in [5.41, 5.74) is -1.65. The summed E-state index contributed by atoms with van der Waals surface area (Å²) in [6.07, 6.45) is -10.6. The highest BCUT2D eigenvalue weighted by Gasteiger charge is 2.50. The van der Waals surface area contributed by atoms with Crippen LogP contribution in [0.1, 0.15) is 0 Å². The van der Waals surface area contributed by atoms with Gasteiger partial charge in [0, 0.05) is 0 Å². The average Bonchev–Trinajstić information content (AvgIpc) is 3.21. The number of fused-ring (bicyclic) bond motifs is 2. The van der Waals surface area contributed by atoms with E-state index in [0.29, 0.717) is 11.3 Å². The predicted octanol–water partition coefficient (Wildman–Crippen LogP) is -1.40. The van der Waals surface area contributed by atoms with Crippen LogP contribution >= 0.6 is 0 Å². The number of aliphatic hydroxyl groups is 6. The summed E-state index contributed by atoms with van der Waals surface area (Å²) < 4.78 is 33.0. The third-order valence-corrected chi connectivity index (χ3v) is 6.78. The number of aliphatic hydroxyl groups excluding tert-OH is 5. The smallest absolute Gasteiger partial charge is 0.229 e. The van der Waals surface area contributed by atoms with Crippen molar-refractivity contribution in [2.75, 3.05) is 26.9 Å². The third kappa shape index (κ3) is 4.62. The van der Waals surface area contributed by atoms with Gasteiger partial charge >= 0.3 is 0 Å². The van der Waals surface area contributed by atoms with E-state index >= 15 is 0 Å². The van der Waals surface area contributed by atoms with Crippen molar-refractivity contribution in [2.45, 2.75) is 48.7 Å². The van der Waals surface area contributed by atoms with E-state index < -0.39 is 61.9 Å². The van der Waals surface area contributed by atoms with Gasteiger partial charge in [0.25, 0.3) is 0 Å². The van der Waals surface area contributed by atoms with Gasteiger partial charge in [-0.05, 0) is 30.3 Å². The van der Waals surface area contributed by atoms with Crippen molar-refractivity contribution >= 4 is 21.9 Å². The molecule has 1 aromatic heterocycles. The van der Waals surface area contributed by atoms with Crippen molar-refractivity contribution in [2.24, 2.45) is 0 Å². The number of rotatable bonds is 7. The van der Waals surface area contributed by atoms with E-state index in [1.807, 2.05) is 0 Å². The summed E-state index contributed by atoms with van der Waals surface area (Å²) in [6.45, 7) is -1.57. The molecule has 13 nitrogen and oxygen atoms in total. The molecule has 0 bridgehead atoms. The van der Waals surface area contributed by atoms with Crippen LogP contribution < -0.4 is 14.9 Å². The van der Waals surface area contributed by atoms with Crippen molar-refractivity contribution in [3.05, 3.63) is 46.6 Å². The SMILES string of the molecule is COc1cccc2oc3ccc(O[C@@H]4O[C@H](CO[C@@H]5OC[C@](O)(CO)[C@H]5O)[C@@H](O)[C@H](O)[C@H]4O)cc3c(=O)c12. The quantitative estimate of drug-likeness (QED) is 0.193. The fraction of sp³-hybridized carbons (Fsp3) is 0.480. The number of benzene rings is 2. The predicted molar refractivity (Wildman–Crippen MR) is 128 cm³/mol. The highest BCUT2D eigenvalue weighted by atomic mass is 16.7. The normalized spacial score (nSPS) is 33.6. The minimum atomic E-state index is -1.91. The molecule has 0 amide bonds. The molecule has 2 fully saturated rings. The molecular weight excluding hydrogens is 508 g/mol. The zero-order chi connectivity index (χ0) is 27.2. The lowest BCUT2D eigenvalue weighted by molar-refractivity contribution is -0.289. The molecular formula is C25H28O13. The van der Waals surface area contributed by atoms with Gasteiger partial charge in [0.15, 0.2) is 6.29 Å². The second-order valence-corrected chi connectivity index (χ2v) is 9.27. The van der Waals surface area contributed by atoms with Crippen LogP contribution in [0.5, 0.6) is 11.5 Å². The Kier molecular flexibility index (Phi) is 7.30. The van der Waals surface area contributed by atoms with Gasteiger partial charge in [-0.3, -0.25) is 4.79 Å². The zero-order valence-electron chi connectivity index (χ0n) is 20.2. The Morgan fingerprint density at radius 2 is 1.82 bits per heavy atom. The summed E-state index contributed by atoms with van der Waals surface area (Å²) in [5, 5.41) is 61.1. The molecule has 2 aliphatic heterocycles. The van der Waals surface area contributed by atoms with Gasteiger partial charge in [0.1, 0.15) is 64.2 Å². The standard InChI is InChI=1S/C25H28O13/c1-33-14-3-2-4-15-17(14)18(27)12-7-11(5-6-13(12)37-15)36-23-21(30)20(29)19(28)16(38-23)8-34-24-22(31)25(32,9-26)10-35-24/h2-7,16,19-24,26,28-32H,8-10H2,1H3/t16-,19-,20+,21-,22+,23-,24-,25-/m1/s1. The molecule has 0 saturated carbocycles. The summed E-state index contributed by atoms with van der Waals surface area (Å²) in [5.74, 6) is 0.443. The Bertz CT molecular complexity index is 1360. The Hall–Kier alpha value is -2.85. The Labute approximate surface area is 214 Å². The van der Waals surface area contributed by atoms with Gasteiger partial charge < -0.3 is 58.7 Å². The van der Waals surface area contributed by atoms with Gasteiger partial charge in [-0.1, -0.05) is 6.07 Å². The minimum absolute atomic E-state index is 0.105. The van der Waals surface area contributed by atoms with Crippen LogP contribution in [0, 0.1) is 0 Å². The van der Waals surface area contributed by atoms with Crippen molar-refractivity contribution < 1.29 is 58.7 Å². The molecule has 0 unspecified atom stereocenters. The van der Waals surface area contributed by atoms with E-state index in [0.717, 1.165) is 0 Å². The van der Waals surface area contributed by atoms with Crippen LogP contribution in [-0.2, 0) is 14.2 Å². The van der Waals surface area contributed by atoms with E-state index in [1.165, 1.54) is 25.3 Å². The average molecular weight is 536 g/mol. The molecule has 0 spiro atoms. The molecule has 3 heterocycles. The van der Waals surface area contributed by atoms with Gasteiger partial charge in [0.2, 0.25) is 11.7 Å². The van der Waals surface area contributed by atoms with E-state index in [-0.39, 0.29) is 34.1 Å². The molecule has 206 valence electrons. The summed E-state index contributed by atoms with van der Waals surface area (Å²) >= 11 is 0. The second kappa shape index (κ2) is 10.4. The van der Waals surface area contributed by atoms with E-state index in [4.69, 9.17) is 28.1 Å². The van der Waals surface area contributed by atoms with Crippen molar-refractivity contribution in [1.82, 2.24) is 0 Å². The van der Waals surface area contributed by atoms with Crippen molar-refractivity contribution in [1.29, 1.82) is 0 Å². The molecule has 38 heavy (non-hydrogen) atoms. The van der Waals surface area contributed by atoms with Gasteiger partial charge in [0.05, 0.1) is 32.3 Å². The number of hydrogen-bond donors (Lipinski definition) is 6. The summed E-state index contributed by atoms with van der Waals surface area (Å²) in [4.78, 5) is 13.2. The van der Waals surface area contributed by atoms with Crippen LogP contribution in [0.4, 0.5) is 0 Å².